The zero-order chi connectivity index (χ0) is 13.7. The number of rotatable bonds is 5. The van der Waals surface area contributed by atoms with Crippen LogP contribution in [-0.4, -0.2) is 13.2 Å². The highest BCUT2D eigenvalue weighted by Gasteiger charge is 2.36. The first kappa shape index (κ1) is 14.1. The van der Waals surface area contributed by atoms with E-state index >= 15 is 0 Å². The van der Waals surface area contributed by atoms with Crippen LogP contribution in [0.15, 0.2) is 24.3 Å². The summed E-state index contributed by atoms with van der Waals surface area (Å²) in [5.41, 5.74) is 2.25. The molecule has 0 radical (unpaired) electrons. The molecule has 0 fully saturated rings. The van der Waals surface area contributed by atoms with Gasteiger partial charge in [-0.15, -0.1) is 0 Å². The minimum atomic E-state index is -0.328. The minimum Gasteiger partial charge on any atom is -0.381 e. The molecule has 0 saturated carbocycles. The summed E-state index contributed by atoms with van der Waals surface area (Å²) in [4.78, 5) is 0. The lowest BCUT2D eigenvalue weighted by atomic mass is 9.69. The van der Waals surface area contributed by atoms with E-state index in [2.05, 4.69) is 38.1 Å². The Kier molecular flexibility index (Phi) is 4.61. The Labute approximate surface area is 116 Å². The Hall–Kier alpha value is -1.33. The van der Waals surface area contributed by atoms with Crippen LogP contribution in [0, 0.1) is 17.2 Å². The molecule has 102 valence electrons. The summed E-state index contributed by atoms with van der Waals surface area (Å²) in [6.07, 6.45) is 3.99. The monoisotopic (exact) mass is 257 g/mol. The Morgan fingerprint density at radius 3 is 2.89 bits per heavy atom. The maximum atomic E-state index is 9.69. The highest BCUT2D eigenvalue weighted by atomic mass is 16.5. The van der Waals surface area contributed by atoms with Crippen LogP contribution in [0.3, 0.4) is 0 Å². The number of benzene rings is 1. The zero-order valence-electron chi connectivity index (χ0n) is 12.0. The van der Waals surface area contributed by atoms with Crippen molar-refractivity contribution in [3.63, 3.8) is 0 Å². The van der Waals surface area contributed by atoms with Gasteiger partial charge in [-0.05, 0) is 42.7 Å². The molecule has 0 aromatic heterocycles. The molecule has 0 spiro atoms. The summed E-state index contributed by atoms with van der Waals surface area (Å²) in [5, 5.41) is 9.69. The van der Waals surface area contributed by atoms with Crippen LogP contribution in [0.4, 0.5) is 0 Å². The van der Waals surface area contributed by atoms with E-state index in [-0.39, 0.29) is 5.41 Å². The first-order valence-corrected chi connectivity index (χ1v) is 7.25. The van der Waals surface area contributed by atoms with Gasteiger partial charge in [-0.25, -0.2) is 0 Å². The van der Waals surface area contributed by atoms with Crippen LogP contribution >= 0.6 is 0 Å². The second kappa shape index (κ2) is 6.21. The van der Waals surface area contributed by atoms with Gasteiger partial charge in [0.05, 0.1) is 11.5 Å². The molecule has 0 heterocycles. The third-order valence-electron chi connectivity index (χ3n) is 3.92. The van der Waals surface area contributed by atoms with Crippen LogP contribution in [0.5, 0.6) is 0 Å². The second-order valence-corrected chi connectivity index (χ2v) is 5.92. The van der Waals surface area contributed by atoms with Gasteiger partial charge in [0.25, 0.3) is 0 Å². The minimum absolute atomic E-state index is 0.328. The lowest BCUT2D eigenvalue weighted by Crippen LogP contribution is -2.31. The largest absolute Gasteiger partial charge is 0.381 e. The van der Waals surface area contributed by atoms with Crippen molar-refractivity contribution >= 4 is 0 Å². The van der Waals surface area contributed by atoms with E-state index in [9.17, 15) is 5.26 Å². The number of hydrogen-bond acceptors (Lipinski definition) is 2. The maximum Gasteiger partial charge on any atom is 0.0847 e. The van der Waals surface area contributed by atoms with Crippen LogP contribution in [0.1, 0.15) is 44.2 Å². The van der Waals surface area contributed by atoms with E-state index in [1.165, 1.54) is 11.1 Å². The van der Waals surface area contributed by atoms with E-state index < -0.39 is 0 Å². The molecule has 0 N–H and O–H groups in total. The van der Waals surface area contributed by atoms with Crippen molar-refractivity contribution in [3.8, 4) is 6.07 Å². The Morgan fingerprint density at radius 2 is 2.16 bits per heavy atom. The van der Waals surface area contributed by atoms with Gasteiger partial charge in [0.2, 0.25) is 0 Å². The van der Waals surface area contributed by atoms with E-state index in [1.807, 2.05) is 6.07 Å². The molecule has 1 unspecified atom stereocenters. The molecule has 1 aliphatic carbocycles. The SMILES string of the molecule is CC(C)COCCC1(C#N)CCCc2ccccc21. The van der Waals surface area contributed by atoms with Gasteiger partial charge in [0.1, 0.15) is 0 Å². The highest BCUT2D eigenvalue weighted by Crippen LogP contribution is 2.39. The summed E-state index contributed by atoms with van der Waals surface area (Å²) in [6, 6.07) is 11.0. The molecule has 19 heavy (non-hydrogen) atoms. The van der Waals surface area contributed by atoms with Crippen molar-refractivity contribution in [1.29, 1.82) is 5.26 Å². The molecular weight excluding hydrogens is 234 g/mol. The average molecular weight is 257 g/mol. The van der Waals surface area contributed by atoms with Gasteiger partial charge in [-0.2, -0.15) is 5.26 Å². The smallest absolute Gasteiger partial charge is 0.0847 e. The third-order valence-corrected chi connectivity index (χ3v) is 3.92. The summed E-state index contributed by atoms with van der Waals surface area (Å²) in [6.45, 7) is 5.76. The Balaban J connectivity index is 2.09. The molecular formula is C17H23NO. The molecule has 2 heteroatoms. The molecule has 1 aromatic rings. The topological polar surface area (TPSA) is 33.0 Å². The first-order valence-electron chi connectivity index (χ1n) is 7.25. The van der Waals surface area contributed by atoms with Gasteiger partial charge in [0, 0.05) is 13.2 Å². The molecule has 2 rings (SSSR count). The predicted octanol–water partition coefficient (Wildman–Crippen LogP) is 3.85. The van der Waals surface area contributed by atoms with Crippen molar-refractivity contribution in [3.05, 3.63) is 35.4 Å². The molecule has 1 aliphatic rings. The third kappa shape index (κ3) is 3.16. The highest BCUT2D eigenvalue weighted by molar-refractivity contribution is 5.41. The van der Waals surface area contributed by atoms with Crippen molar-refractivity contribution < 1.29 is 4.74 Å². The quantitative estimate of drug-likeness (QED) is 0.751. The zero-order valence-corrected chi connectivity index (χ0v) is 12.0. The van der Waals surface area contributed by atoms with Crippen LogP contribution in [-0.2, 0) is 16.6 Å². The summed E-state index contributed by atoms with van der Waals surface area (Å²) in [7, 11) is 0. The number of fused-ring (bicyclic) bond motifs is 1. The fourth-order valence-corrected chi connectivity index (χ4v) is 2.92. The maximum absolute atomic E-state index is 9.69. The van der Waals surface area contributed by atoms with Gasteiger partial charge < -0.3 is 4.74 Å². The van der Waals surface area contributed by atoms with Crippen molar-refractivity contribution in [2.45, 2.75) is 44.9 Å². The number of nitrogens with zero attached hydrogens (tertiary/aromatic N) is 1. The lowest BCUT2D eigenvalue weighted by molar-refractivity contribution is 0.0962. The fourth-order valence-electron chi connectivity index (χ4n) is 2.92. The normalized spacial score (nSPS) is 22.0. The van der Waals surface area contributed by atoms with Crippen molar-refractivity contribution in [2.75, 3.05) is 13.2 Å². The fraction of sp³-hybridized carbons (Fsp3) is 0.588. The van der Waals surface area contributed by atoms with E-state index in [0.717, 1.165) is 32.3 Å². The van der Waals surface area contributed by atoms with Crippen molar-refractivity contribution in [2.24, 2.45) is 5.92 Å². The summed E-state index contributed by atoms with van der Waals surface area (Å²) >= 11 is 0. The molecule has 0 aliphatic heterocycles. The summed E-state index contributed by atoms with van der Waals surface area (Å²) in [5.74, 6) is 0.552. The summed E-state index contributed by atoms with van der Waals surface area (Å²) < 4.78 is 5.69. The van der Waals surface area contributed by atoms with Crippen molar-refractivity contribution in [1.82, 2.24) is 0 Å². The molecule has 2 nitrogen and oxygen atoms in total. The van der Waals surface area contributed by atoms with Crippen LogP contribution in [0.25, 0.3) is 0 Å². The molecule has 0 bridgehead atoms. The van der Waals surface area contributed by atoms with E-state index in [4.69, 9.17) is 4.74 Å². The van der Waals surface area contributed by atoms with E-state index in [0.29, 0.717) is 12.5 Å². The van der Waals surface area contributed by atoms with Gasteiger partial charge in [-0.1, -0.05) is 38.1 Å². The molecule has 0 saturated heterocycles. The van der Waals surface area contributed by atoms with Gasteiger partial charge in [-0.3, -0.25) is 0 Å². The lowest BCUT2D eigenvalue weighted by Gasteiger charge is -2.33. The average Bonchev–Trinajstić information content (AvgIpc) is 2.43. The second-order valence-electron chi connectivity index (χ2n) is 5.92. The van der Waals surface area contributed by atoms with Crippen LogP contribution in [0.2, 0.25) is 0 Å². The molecule has 0 amide bonds. The van der Waals surface area contributed by atoms with E-state index in [1.54, 1.807) is 0 Å². The Morgan fingerprint density at radius 1 is 1.37 bits per heavy atom. The number of ether oxygens (including phenoxy) is 1. The predicted molar refractivity (Wildman–Crippen MR) is 76.9 cm³/mol. The number of nitriles is 1. The Bertz CT molecular complexity index is 461. The standard InChI is InChI=1S/C17H23NO/c1-14(2)12-19-11-10-17(13-18)9-5-7-15-6-3-4-8-16(15)17/h3-4,6,8,14H,5,7,9-12H2,1-2H3. The van der Waals surface area contributed by atoms with Crippen LogP contribution < -0.4 is 0 Å². The number of aryl methyl sites for hydroxylation is 1. The molecule has 1 aromatic carbocycles. The number of hydrogen-bond donors (Lipinski definition) is 0. The molecule has 1 atom stereocenters. The first-order chi connectivity index (χ1) is 9.18. The van der Waals surface area contributed by atoms with Gasteiger partial charge >= 0.3 is 0 Å². The van der Waals surface area contributed by atoms with Gasteiger partial charge in [0.15, 0.2) is 0 Å².